The van der Waals surface area contributed by atoms with Gasteiger partial charge in [0.1, 0.15) is 12.6 Å². The Morgan fingerprint density at radius 3 is 0.536 bits per heavy atom. The molecule has 0 aliphatic heterocycles. The Hall–Kier alpha value is 2.51. The first-order valence-electron chi connectivity index (χ1n) is 8.89. The number of hydrogen-bond acceptors (Lipinski definition) is 4. The molecule has 0 aliphatic carbocycles. The molecule has 28 heavy (non-hydrogen) atoms. The van der Waals surface area contributed by atoms with Gasteiger partial charge < -0.3 is 33.5 Å². The number of aliphatic hydroxyl groups excluding tert-OH is 2. The Bertz CT molecular complexity index is 180. The number of aliphatic hydroxyl groups is 4. The quantitative estimate of drug-likeness (QED) is 0.138. The van der Waals surface area contributed by atoms with Crippen LogP contribution < -0.4 is 0 Å². The van der Waals surface area contributed by atoms with Crippen molar-refractivity contribution in [2.75, 3.05) is 40.0 Å². The van der Waals surface area contributed by atoms with Gasteiger partial charge in [0.25, 0.3) is 0 Å². The minimum Gasteiger partial charge on any atom is -0.368 e. The summed E-state index contributed by atoms with van der Waals surface area (Å²) in [6.07, 6.45) is -2.33. The van der Waals surface area contributed by atoms with Gasteiger partial charge in [-0.05, 0) is 29.7 Å². The average Bonchev–Trinajstić information content (AvgIpc) is 2.03. The molecule has 4 N–H and O–H groups in total. The molecule has 0 rings (SSSR count). The van der Waals surface area contributed by atoms with Crippen LogP contribution >= 0.6 is 15.8 Å². The fourth-order valence-electron chi connectivity index (χ4n) is 0. The molecule has 10 heteroatoms. The molecule has 0 spiro atoms. The first-order valence-corrected chi connectivity index (χ1v) is 22.3. The third-order valence-electron chi connectivity index (χ3n) is 0. The summed E-state index contributed by atoms with van der Waals surface area (Å²) in [5, 5.41) is 30.4. The van der Waals surface area contributed by atoms with E-state index in [0.29, 0.717) is 0 Å². The van der Waals surface area contributed by atoms with E-state index in [2.05, 4.69) is 92.4 Å². The minimum absolute atomic E-state index is 0. The topological polar surface area (TPSA) is 80.9 Å². The van der Waals surface area contributed by atoms with Crippen LogP contribution in [0.25, 0.3) is 0 Å². The van der Waals surface area contributed by atoms with Crippen LogP contribution in [0.4, 0.5) is 0 Å². The Balaban J connectivity index is -0.0000000283. The van der Waals surface area contributed by atoms with Gasteiger partial charge in [-0.3, -0.25) is 0 Å². The zero-order valence-corrected chi connectivity index (χ0v) is 29.2. The summed E-state index contributed by atoms with van der Waals surface area (Å²) in [5.74, 6) is 0. The van der Waals surface area contributed by atoms with Gasteiger partial charge in [0.15, 0.2) is 0 Å². The predicted octanol–water partition coefficient (Wildman–Crippen LogP) is 4.20. The predicted molar refractivity (Wildman–Crippen MR) is 137 cm³/mol. The normalized spacial score (nSPS) is 9.43. The second-order valence-electron chi connectivity index (χ2n) is 9.39. The first kappa shape index (κ1) is 52.4. The number of hydrogen-bond donors (Lipinski definition) is 4. The van der Waals surface area contributed by atoms with Crippen molar-refractivity contribution >= 4 is 32.0 Å². The van der Waals surface area contributed by atoms with E-state index in [1.54, 1.807) is 0 Å². The van der Waals surface area contributed by atoms with Crippen molar-refractivity contribution in [1.29, 1.82) is 0 Å². The average molecular weight is 645 g/mol. The van der Waals surface area contributed by atoms with Gasteiger partial charge in [-0.2, -0.15) is 0 Å². The second kappa shape index (κ2) is 34.1. The zero-order chi connectivity index (χ0) is 23.3. The summed E-state index contributed by atoms with van der Waals surface area (Å²) >= 11 is 0. The van der Waals surface area contributed by atoms with Gasteiger partial charge in [0, 0.05) is 82.1 Å². The van der Waals surface area contributed by atoms with Crippen LogP contribution in [0.15, 0.2) is 0 Å². The van der Waals surface area contributed by atoms with Gasteiger partial charge in [0.05, 0.1) is 0 Å². The summed E-state index contributed by atoms with van der Waals surface area (Å²) in [6, 6.07) is 0. The maximum atomic E-state index is 7.61. The monoisotopic (exact) mass is 648 g/mol. The van der Waals surface area contributed by atoms with Gasteiger partial charge >= 0.3 is 0 Å². The van der Waals surface area contributed by atoms with Crippen molar-refractivity contribution in [2.24, 2.45) is 0 Å². The van der Waals surface area contributed by atoms with Crippen molar-refractivity contribution in [3.8, 4) is 0 Å². The number of rotatable bonds is 0. The summed E-state index contributed by atoms with van der Waals surface area (Å²) in [4.78, 5) is 0. The summed E-state index contributed by atoms with van der Waals surface area (Å²) in [6.45, 7) is 37.3. The molecule has 0 atom stereocenters. The molecule has 0 amide bonds. The summed E-state index contributed by atoms with van der Waals surface area (Å²) in [5.41, 5.74) is 0. The SMILES string of the molecule is CC(O)O.CC(O)O.C[PH+](C)C.C[PH+](C)C.[CH2-][Si](C)(C)C.[CH2-][Si](C)(C)C.[Mo].[Mo]. The van der Waals surface area contributed by atoms with Crippen LogP contribution in [0.2, 0.25) is 39.3 Å². The Morgan fingerprint density at radius 1 is 0.536 bits per heavy atom. The van der Waals surface area contributed by atoms with E-state index in [0.717, 1.165) is 0 Å². The molecule has 0 aromatic heterocycles. The fraction of sp³-hybridized carbons (Fsp3) is 0.889. The van der Waals surface area contributed by atoms with Crippen molar-refractivity contribution in [2.45, 2.75) is 65.7 Å². The minimum atomic E-state index is -1.17. The maximum absolute atomic E-state index is 7.61. The third kappa shape index (κ3) is 3420. The van der Waals surface area contributed by atoms with E-state index in [9.17, 15) is 0 Å². The molecule has 4 nitrogen and oxygen atoms in total. The first-order chi connectivity index (χ1) is 10.9. The van der Waals surface area contributed by atoms with E-state index < -0.39 is 28.7 Å². The van der Waals surface area contributed by atoms with Gasteiger partial charge in [-0.1, -0.05) is 39.3 Å². The summed E-state index contributed by atoms with van der Waals surface area (Å²) in [7, 11) is -1.48. The molecule has 0 radical (unpaired) electrons. The molecule has 0 aliphatic rings. The van der Waals surface area contributed by atoms with Crippen LogP contribution in [0.1, 0.15) is 13.8 Å². The van der Waals surface area contributed by atoms with E-state index in [4.69, 9.17) is 20.4 Å². The van der Waals surface area contributed by atoms with E-state index >= 15 is 0 Å². The third-order valence-corrected chi connectivity index (χ3v) is 0. The van der Waals surface area contributed by atoms with E-state index in [1.165, 1.54) is 13.8 Å². The molecule has 0 unspecified atom stereocenters. The Morgan fingerprint density at radius 2 is 0.536 bits per heavy atom. The second-order valence-corrected chi connectivity index (χ2v) is 25.6. The molecule has 0 heterocycles. The molecule has 0 bridgehead atoms. The smallest absolute Gasteiger partial charge is 0.148 e. The van der Waals surface area contributed by atoms with Crippen LogP contribution in [0.3, 0.4) is 0 Å². The standard InChI is InChI=1S/2C4H11Si.2C3H9P.2C2H6O2.2Mo/c2*1-5(2,3)4;2*1-4(2)3;2*1-2(3)4;;/h2*1H2,2-4H3;2*1-3H3;2*2-4H,1H3;;/q2*-1;;;;;;/p+2. The van der Waals surface area contributed by atoms with Gasteiger partial charge in [-0.15, -0.1) is 16.1 Å². The van der Waals surface area contributed by atoms with Crippen molar-refractivity contribution in [3.05, 3.63) is 13.1 Å². The molecule has 0 fully saturated rings. The van der Waals surface area contributed by atoms with Crippen LogP contribution in [0, 0.1) is 13.1 Å². The van der Waals surface area contributed by atoms with Crippen molar-refractivity contribution in [3.63, 3.8) is 0 Å². The maximum Gasteiger partial charge on any atom is 0.148 e. The van der Waals surface area contributed by atoms with Crippen LogP contribution in [-0.2, 0) is 42.1 Å². The van der Waals surface area contributed by atoms with Crippen molar-refractivity contribution < 1.29 is 62.6 Å². The van der Waals surface area contributed by atoms with Crippen LogP contribution in [0.5, 0.6) is 0 Å². The molecule has 0 saturated carbocycles. The van der Waals surface area contributed by atoms with Gasteiger partial charge in [-0.25, -0.2) is 0 Å². The molecule has 0 aromatic carbocycles. The molecule has 0 saturated heterocycles. The van der Waals surface area contributed by atoms with E-state index in [1.807, 2.05) is 0 Å². The van der Waals surface area contributed by atoms with E-state index in [-0.39, 0.29) is 58.0 Å². The van der Waals surface area contributed by atoms with Crippen LogP contribution in [-0.4, -0.2) is 89.1 Å². The van der Waals surface area contributed by atoms with Gasteiger partial charge in [0.2, 0.25) is 0 Å². The fourth-order valence-corrected chi connectivity index (χ4v) is 0. The molecule has 0 aromatic rings. The molecule has 180 valence electrons. The largest absolute Gasteiger partial charge is 0.368 e. The van der Waals surface area contributed by atoms with Crippen molar-refractivity contribution in [1.82, 2.24) is 0 Å². The Kier molecular flexibility index (Phi) is 63.9. The molecular formula is C18H54Mo2O4P2Si2. The summed E-state index contributed by atoms with van der Waals surface area (Å²) < 4.78 is 0. The molecular weight excluding hydrogens is 590 g/mol. The Labute approximate surface area is 212 Å². The zero-order valence-electron chi connectivity index (χ0n) is 21.2.